The van der Waals surface area contributed by atoms with Crippen molar-refractivity contribution in [1.29, 1.82) is 0 Å². The standard InChI is InChI=1S/C18H26OS/c1-4-13-8-12(3)9-14(5-2)17(13)18(19)10-15-6-7-16(11-18)20-15/h8-9,15-16,19H,4-7,10-11H2,1-3H3. The van der Waals surface area contributed by atoms with Gasteiger partial charge >= 0.3 is 0 Å². The number of aryl methyl sites for hydroxylation is 3. The van der Waals surface area contributed by atoms with Crippen LogP contribution in [0.3, 0.4) is 0 Å². The van der Waals surface area contributed by atoms with Gasteiger partial charge in [0.25, 0.3) is 0 Å². The summed E-state index contributed by atoms with van der Waals surface area (Å²) in [6.45, 7) is 6.60. The predicted octanol–water partition coefficient (Wildman–Crippen LogP) is 4.37. The first-order chi connectivity index (χ1) is 9.55. The molecule has 1 aromatic carbocycles. The summed E-state index contributed by atoms with van der Waals surface area (Å²) in [5.41, 5.74) is 4.79. The first-order valence-electron chi connectivity index (χ1n) is 8.06. The molecular formula is C18H26OS. The molecule has 2 unspecified atom stereocenters. The highest BCUT2D eigenvalue weighted by Crippen LogP contribution is 2.52. The summed E-state index contributed by atoms with van der Waals surface area (Å²) in [6.07, 6.45) is 6.55. The molecule has 2 aliphatic rings. The third-order valence-corrected chi connectivity index (χ3v) is 6.57. The van der Waals surface area contributed by atoms with E-state index in [4.69, 9.17) is 0 Å². The summed E-state index contributed by atoms with van der Waals surface area (Å²) in [4.78, 5) is 0. The fourth-order valence-corrected chi connectivity index (χ4v) is 6.05. The molecule has 0 spiro atoms. The summed E-state index contributed by atoms with van der Waals surface area (Å²) in [7, 11) is 0. The number of fused-ring (bicyclic) bond motifs is 2. The zero-order chi connectivity index (χ0) is 14.3. The molecule has 1 nitrogen and oxygen atoms in total. The summed E-state index contributed by atoms with van der Waals surface area (Å²) < 4.78 is 0. The van der Waals surface area contributed by atoms with E-state index in [-0.39, 0.29) is 0 Å². The molecule has 2 saturated heterocycles. The molecule has 0 aliphatic carbocycles. The molecule has 0 saturated carbocycles. The second-order valence-electron chi connectivity index (χ2n) is 6.56. The minimum absolute atomic E-state index is 0.568. The normalized spacial score (nSPS) is 32.6. The van der Waals surface area contributed by atoms with Crippen LogP contribution in [0.1, 0.15) is 61.8 Å². The average molecular weight is 290 g/mol. The van der Waals surface area contributed by atoms with E-state index in [1.807, 2.05) is 0 Å². The van der Waals surface area contributed by atoms with E-state index in [9.17, 15) is 5.11 Å². The van der Waals surface area contributed by atoms with Crippen molar-refractivity contribution in [2.45, 2.75) is 75.4 Å². The number of aliphatic hydroxyl groups is 1. The number of benzene rings is 1. The lowest BCUT2D eigenvalue weighted by Gasteiger charge is -2.39. The topological polar surface area (TPSA) is 20.2 Å². The summed E-state index contributed by atoms with van der Waals surface area (Å²) in [5.74, 6) is 0. The van der Waals surface area contributed by atoms with E-state index in [0.717, 1.165) is 25.7 Å². The smallest absolute Gasteiger partial charge is 0.0923 e. The van der Waals surface area contributed by atoms with E-state index in [1.165, 1.54) is 35.1 Å². The number of hydrogen-bond acceptors (Lipinski definition) is 2. The second kappa shape index (κ2) is 5.38. The SMILES string of the molecule is CCc1cc(C)cc(CC)c1C1(O)CC2CCC(C1)S2. The van der Waals surface area contributed by atoms with Crippen molar-refractivity contribution in [3.8, 4) is 0 Å². The Morgan fingerprint density at radius 1 is 1.10 bits per heavy atom. The first kappa shape index (κ1) is 14.5. The highest BCUT2D eigenvalue weighted by Gasteiger charge is 2.45. The monoisotopic (exact) mass is 290 g/mol. The molecule has 2 fully saturated rings. The molecule has 2 aliphatic heterocycles. The molecule has 20 heavy (non-hydrogen) atoms. The van der Waals surface area contributed by atoms with Crippen molar-refractivity contribution < 1.29 is 5.11 Å². The lowest BCUT2D eigenvalue weighted by atomic mass is 9.78. The predicted molar refractivity (Wildman–Crippen MR) is 87.5 cm³/mol. The zero-order valence-electron chi connectivity index (χ0n) is 12.9. The van der Waals surface area contributed by atoms with Crippen LogP contribution in [0, 0.1) is 6.92 Å². The van der Waals surface area contributed by atoms with E-state index < -0.39 is 5.60 Å². The molecule has 1 N–H and O–H groups in total. The van der Waals surface area contributed by atoms with E-state index >= 15 is 0 Å². The average Bonchev–Trinajstić information content (AvgIpc) is 2.77. The Bertz CT molecular complexity index is 471. The first-order valence-corrected chi connectivity index (χ1v) is 9.00. The van der Waals surface area contributed by atoms with Crippen molar-refractivity contribution in [3.63, 3.8) is 0 Å². The molecule has 2 heteroatoms. The van der Waals surface area contributed by atoms with Gasteiger partial charge in [0.2, 0.25) is 0 Å². The third kappa shape index (κ3) is 2.42. The zero-order valence-corrected chi connectivity index (χ0v) is 13.7. The van der Waals surface area contributed by atoms with Gasteiger partial charge in [0.05, 0.1) is 5.60 Å². The van der Waals surface area contributed by atoms with Crippen LogP contribution >= 0.6 is 11.8 Å². The van der Waals surface area contributed by atoms with Crippen molar-refractivity contribution >= 4 is 11.8 Å². The third-order valence-electron chi connectivity index (χ3n) is 5.00. The van der Waals surface area contributed by atoms with Crippen LogP contribution in [0.2, 0.25) is 0 Å². The van der Waals surface area contributed by atoms with Crippen molar-refractivity contribution in [3.05, 3.63) is 34.4 Å². The van der Waals surface area contributed by atoms with Gasteiger partial charge in [-0.15, -0.1) is 0 Å². The second-order valence-corrected chi connectivity index (χ2v) is 8.17. The molecule has 1 aromatic rings. The quantitative estimate of drug-likeness (QED) is 0.892. The molecule has 110 valence electrons. The van der Waals surface area contributed by atoms with Gasteiger partial charge in [-0.3, -0.25) is 0 Å². The Morgan fingerprint density at radius 2 is 1.60 bits per heavy atom. The number of thioether (sulfide) groups is 1. The van der Waals surface area contributed by atoms with Crippen molar-refractivity contribution in [1.82, 2.24) is 0 Å². The number of rotatable bonds is 3. The summed E-state index contributed by atoms with van der Waals surface area (Å²) in [5, 5.41) is 12.8. The van der Waals surface area contributed by atoms with Gasteiger partial charge in [-0.05, 0) is 62.1 Å². The maximum Gasteiger partial charge on any atom is 0.0923 e. The van der Waals surface area contributed by atoms with Gasteiger partial charge < -0.3 is 5.11 Å². The maximum absolute atomic E-state index is 11.4. The minimum Gasteiger partial charge on any atom is -0.385 e. The van der Waals surface area contributed by atoms with E-state index in [0.29, 0.717) is 10.5 Å². The fraction of sp³-hybridized carbons (Fsp3) is 0.667. The van der Waals surface area contributed by atoms with E-state index in [1.54, 1.807) is 0 Å². The molecule has 2 heterocycles. The highest BCUT2D eigenvalue weighted by molar-refractivity contribution is 8.00. The van der Waals surface area contributed by atoms with Gasteiger partial charge in [-0.1, -0.05) is 31.5 Å². The van der Waals surface area contributed by atoms with Gasteiger partial charge in [0.15, 0.2) is 0 Å². The van der Waals surface area contributed by atoms with E-state index in [2.05, 4.69) is 44.7 Å². The van der Waals surface area contributed by atoms with Gasteiger partial charge in [0.1, 0.15) is 0 Å². The molecule has 2 bridgehead atoms. The molecule has 0 aromatic heterocycles. The molecule has 2 atom stereocenters. The van der Waals surface area contributed by atoms with Crippen LogP contribution in [0.25, 0.3) is 0 Å². The summed E-state index contributed by atoms with van der Waals surface area (Å²) in [6, 6.07) is 4.58. The lowest BCUT2D eigenvalue weighted by molar-refractivity contribution is 0.0180. The Balaban J connectivity index is 2.08. The minimum atomic E-state index is -0.568. The molecule has 3 rings (SSSR count). The van der Waals surface area contributed by atoms with Crippen molar-refractivity contribution in [2.75, 3.05) is 0 Å². The van der Waals surface area contributed by atoms with Crippen LogP contribution in [-0.4, -0.2) is 15.6 Å². The van der Waals surface area contributed by atoms with Crippen LogP contribution < -0.4 is 0 Å². The highest BCUT2D eigenvalue weighted by atomic mass is 32.2. The summed E-state index contributed by atoms with van der Waals surface area (Å²) >= 11 is 2.12. The van der Waals surface area contributed by atoms with Crippen LogP contribution in [0.5, 0.6) is 0 Å². The maximum atomic E-state index is 11.4. The number of hydrogen-bond donors (Lipinski definition) is 1. The Kier molecular flexibility index (Phi) is 3.89. The molecule has 0 radical (unpaired) electrons. The van der Waals surface area contributed by atoms with Gasteiger partial charge in [-0.2, -0.15) is 11.8 Å². The molecule has 0 amide bonds. The Morgan fingerprint density at radius 3 is 2.05 bits per heavy atom. The fourth-order valence-electron chi connectivity index (χ4n) is 4.22. The van der Waals surface area contributed by atoms with Crippen LogP contribution in [-0.2, 0) is 18.4 Å². The van der Waals surface area contributed by atoms with Gasteiger partial charge in [0, 0.05) is 10.5 Å². The van der Waals surface area contributed by atoms with Crippen LogP contribution in [0.4, 0.5) is 0 Å². The van der Waals surface area contributed by atoms with Gasteiger partial charge in [-0.25, -0.2) is 0 Å². The van der Waals surface area contributed by atoms with Crippen molar-refractivity contribution in [2.24, 2.45) is 0 Å². The lowest BCUT2D eigenvalue weighted by Crippen LogP contribution is -2.36. The molecular weight excluding hydrogens is 264 g/mol. The Hall–Kier alpha value is -0.470. The Labute approximate surface area is 127 Å². The largest absolute Gasteiger partial charge is 0.385 e. The van der Waals surface area contributed by atoms with Crippen LogP contribution in [0.15, 0.2) is 12.1 Å².